The summed E-state index contributed by atoms with van der Waals surface area (Å²) >= 11 is 0. The van der Waals surface area contributed by atoms with Crippen molar-refractivity contribution in [3.05, 3.63) is 29.8 Å². The lowest BCUT2D eigenvalue weighted by Crippen LogP contribution is -2.29. The van der Waals surface area contributed by atoms with E-state index < -0.39 is 6.10 Å². The molecule has 110 valence electrons. The van der Waals surface area contributed by atoms with Crippen molar-refractivity contribution in [3.63, 3.8) is 0 Å². The highest BCUT2D eigenvalue weighted by atomic mass is 16.5. The molecule has 0 fully saturated rings. The lowest BCUT2D eigenvalue weighted by atomic mass is 9.97. The van der Waals surface area contributed by atoms with Gasteiger partial charge in [-0.15, -0.1) is 0 Å². The number of amides is 1. The Kier molecular flexibility index (Phi) is 5.38. The van der Waals surface area contributed by atoms with Crippen LogP contribution in [0.4, 0.5) is 5.69 Å². The van der Waals surface area contributed by atoms with Gasteiger partial charge in [0.1, 0.15) is 0 Å². The van der Waals surface area contributed by atoms with Gasteiger partial charge in [0.05, 0.1) is 12.7 Å². The molecule has 2 rings (SSSR count). The van der Waals surface area contributed by atoms with Gasteiger partial charge in [-0.3, -0.25) is 4.79 Å². The summed E-state index contributed by atoms with van der Waals surface area (Å²) < 4.78 is 4.84. The number of nitrogens with one attached hydrogen (secondary N) is 2. The first-order valence-electron chi connectivity index (χ1n) is 6.97. The van der Waals surface area contributed by atoms with E-state index in [1.807, 2.05) is 18.2 Å². The smallest absolute Gasteiger partial charge is 0.220 e. The van der Waals surface area contributed by atoms with E-state index in [4.69, 9.17) is 4.74 Å². The Bertz CT molecular complexity index is 450. The molecular formula is C15H22N2O3. The predicted octanol–water partition coefficient (Wildman–Crippen LogP) is 1.10. The molecule has 0 bridgehead atoms. The maximum atomic E-state index is 11.9. The van der Waals surface area contributed by atoms with Crippen molar-refractivity contribution in [2.45, 2.75) is 24.9 Å². The zero-order chi connectivity index (χ0) is 14.4. The number of carbonyl (C=O) groups is 1. The zero-order valence-corrected chi connectivity index (χ0v) is 11.8. The molecule has 2 unspecified atom stereocenters. The summed E-state index contributed by atoms with van der Waals surface area (Å²) in [6.45, 7) is 1.58. The number of ether oxygens (including phenoxy) is 1. The Morgan fingerprint density at radius 1 is 1.55 bits per heavy atom. The van der Waals surface area contributed by atoms with Crippen molar-refractivity contribution in [1.82, 2.24) is 5.32 Å². The highest BCUT2D eigenvalue weighted by Gasteiger charge is 2.23. The molecule has 0 aromatic heterocycles. The molecule has 1 aromatic carbocycles. The number of hydrogen-bond acceptors (Lipinski definition) is 4. The second kappa shape index (κ2) is 7.26. The summed E-state index contributed by atoms with van der Waals surface area (Å²) in [4.78, 5) is 11.9. The molecule has 0 spiro atoms. The predicted molar refractivity (Wildman–Crippen MR) is 77.8 cm³/mol. The van der Waals surface area contributed by atoms with Crippen LogP contribution in [0.1, 0.15) is 24.3 Å². The number of rotatable bonds is 7. The average Bonchev–Trinajstić information content (AvgIpc) is 2.83. The number of fused-ring (bicyclic) bond motifs is 1. The summed E-state index contributed by atoms with van der Waals surface area (Å²) in [5.41, 5.74) is 2.34. The van der Waals surface area contributed by atoms with E-state index in [9.17, 15) is 9.90 Å². The summed E-state index contributed by atoms with van der Waals surface area (Å²) in [5.74, 6) is 0.258. The van der Waals surface area contributed by atoms with Gasteiger partial charge in [-0.25, -0.2) is 0 Å². The molecule has 2 atom stereocenters. The van der Waals surface area contributed by atoms with Crippen LogP contribution < -0.4 is 10.6 Å². The molecule has 20 heavy (non-hydrogen) atoms. The molecule has 0 saturated carbocycles. The number of para-hydroxylation sites is 1. The van der Waals surface area contributed by atoms with Crippen LogP contribution in [0.25, 0.3) is 0 Å². The first-order valence-corrected chi connectivity index (χ1v) is 6.97. The minimum Gasteiger partial charge on any atom is -0.391 e. The number of aliphatic hydroxyl groups is 1. The quantitative estimate of drug-likeness (QED) is 0.698. The van der Waals surface area contributed by atoms with E-state index in [1.54, 1.807) is 7.11 Å². The van der Waals surface area contributed by atoms with E-state index >= 15 is 0 Å². The third kappa shape index (κ3) is 3.95. The zero-order valence-electron chi connectivity index (χ0n) is 11.8. The normalized spacial score (nSPS) is 18.2. The molecular weight excluding hydrogens is 256 g/mol. The molecule has 5 heteroatoms. The van der Waals surface area contributed by atoms with E-state index in [1.165, 1.54) is 5.56 Å². The molecule has 1 heterocycles. The molecule has 0 radical (unpaired) electrons. The second-order valence-corrected chi connectivity index (χ2v) is 5.12. The van der Waals surface area contributed by atoms with Gasteiger partial charge in [-0.1, -0.05) is 18.2 Å². The summed E-state index contributed by atoms with van der Waals surface area (Å²) in [6.07, 6.45) is 0.470. The minimum absolute atomic E-state index is 0.0260. The Morgan fingerprint density at radius 2 is 2.35 bits per heavy atom. The van der Waals surface area contributed by atoms with Gasteiger partial charge in [0.2, 0.25) is 5.91 Å². The first-order chi connectivity index (χ1) is 9.70. The molecule has 1 aliphatic rings. The summed E-state index contributed by atoms with van der Waals surface area (Å²) in [6, 6.07) is 8.09. The average molecular weight is 278 g/mol. The van der Waals surface area contributed by atoms with Gasteiger partial charge in [0.25, 0.3) is 0 Å². The number of hydrogen-bond donors (Lipinski definition) is 3. The largest absolute Gasteiger partial charge is 0.391 e. The van der Waals surface area contributed by atoms with Crippen molar-refractivity contribution in [2.75, 3.05) is 32.1 Å². The highest BCUT2D eigenvalue weighted by molar-refractivity contribution is 5.78. The highest BCUT2D eigenvalue weighted by Crippen LogP contribution is 2.32. The van der Waals surface area contributed by atoms with E-state index in [2.05, 4.69) is 16.7 Å². The number of carbonyl (C=O) groups excluding carboxylic acids is 1. The Hall–Kier alpha value is -1.59. The maximum absolute atomic E-state index is 11.9. The third-order valence-corrected chi connectivity index (χ3v) is 3.53. The van der Waals surface area contributed by atoms with Crippen LogP contribution >= 0.6 is 0 Å². The van der Waals surface area contributed by atoms with Crippen LogP contribution in [0.3, 0.4) is 0 Å². The number of benzene rings is 1. The lowest BCUT2D eigenvalue weighted by molar-refractivity contribution is -0.121. The SMILES string of the molecule is COCC(O)CCNC(=O)CC1CNc2ccccc21. The van der Waals surface area contributed by atoms with Crippen LogP contribution in [0.5, 0.6) is 0 Å². The van der Waals surface area contributed by atoms with Gasteiger partial charge in [-0.05, 0) is 18.1 Å². The monoisotopic (exact) mass is 278 g/mol. The van der Waals surface area contributed by atoms with Crippen molar-refractivity contribution >= 4 is 11.6 Å². The van der Waals surface area contributed by atoms with Crippen molar-refractivity contribution < 1.29 is 14.6 Å². The fourth-order valence-electron chi connectivity index (χ4n) is 2.49. The number of methoxy groups -OCH3 is 1. The molecule has 5 nitrogen and oxygen atoms in total. The standard InChI is InChI=1S/C15H22N2O3/c1-20-10-12(18)6-7-16-15(19)8-11-9-17-14-5-3-2-4-13(11)14/h2-5,11-12,17-18H,6-10H2,1H3,(H,16,19). The Labute approximate surface area is 119 Å². The third-order valence-electron chi connectivity index (χ3n) is 3.53. The van der Waals surface area contributed by atoms with Gasteiger partial charge >= 0.3 is 0 Å². The van der Waals surface area contributed by atoms with Crippen LogP contribution in [0, 0.1) is 0 Å². The summed E-state index contributed by atoms with van der Waals surface area (Å²) in [5, 5.41) is 15.6. The number of aliphatic hydroxyl groups excluding tert-OH is 1. The van der Waals surface area contributed by atoms with Crippen molar-refractivity contribution in [1.29, 1.82) is 0 Å². The Balaban J connectivity index is 1.73. The van der Waals surface area contributed by atoms with Gasteiger partial charge < -0.3 is 20.5 Å². The van der Waals surface area contributed by atoms with E-state index in [-0.39, 0.29) is 11.8 Å². The van der Waals surface area contributed by atoms with Crippen LogP contribution in [0.2, 0.25) is 0 Å². The van der Waals surface area contributed by atoms with Crippen LogP contribution in [-0.2, 0) is 9.53 Å². The molecule has 3 N–H and O–H groups in total. The van der Waals surface area contributed by atoms with Crippen molar-refractivity contribution in [2.24, 2.45) is 0 Å². The van der Waals surface area contributed by atoms with Crippen LogP contribution in [0.15, 0.2) is 24.3 Å². The Morgan fingerprint density at radius 3 is 3.15 bits per heavy atom. The fraction of sp³-hybridized carbons (Fsp3) is 0.533. The van der Waals surface area contributed by atoms with Gasteiger partial charge in [0.15, 0.2) is 0 Å². The molecule has 1 aliphatic heterocycles. The summed E-state index contributed by atoms with van der Waals surface area (Å²) in [7, 11) is 1.55. The molecule has 1 amide bonds. The van der Waals surface area contributed by atoms with E-state index in [0.29, 0.717) is 26.0 Å². The van der Waals surface area contributed by atoms with Gasteiger partial charge in [-0.2, -0.15) is 0 Å². The number of anilines is 1. The van der Waals surface area contributed by atoms with Gasteiger partial charge in [0, 0.05) is 38.2 Å². The lowest BCUT2D eigenvalue weighted by Gasteiger charge is -2.12. The van der Waals surface area contributed by atoms with Crippen LogP contribution in [-0.4, -0.2) is 43.9 Å². The maximum Gasteiger partial charge on any atom is 0.220 e. The second-order valence-electron chi connectivity index (χ2n) is 5.12. The topological polar surface area (TPSA) is 70.6 Å². The molecule has 1 aromatic rings. The van der Waals surface area contributed by atoms with E-state index in [0.717, 1.165) is 12.2 Å². The van der Waals surface area contributed by atoms with Crippen molar-refractivity contribution in [3.8, 4) is 0 Å². The molecule has 0 saturated heterocycles. The first kappa shape index (κ1) is 14.8. The fourth-order valence-corrected chi connectivity index (χ4v) is 2.49. The minimum atomic E-state index is -0.519. The molecule has 0 aliphatic carbocycles.